The van der Waals surface area contributed by atoms with Crippen molar-refractivity contribution in [1.29, 1.82) is 0 Å². The summed E-state index contributed by atoms with van der Waals surface area (Å²) in [5.74, 6) is 0. The molecule has 0 aliphatic rings. The first-order valence-corrected chi connectivity index (χ1v) is 2.97. The number of amides is 8. The largest absolute Gasteiger partial charge is 2.00 e. The van der Waals surface area contributed by atoms with Crippen LogP contribution >= 0.6 is 0 Å². The van der Waals surface area contributed by atoms with Crippen molar-refractivity contribution in [1.82, 2.24) is 10.6 Å². The number of carbonyl (C=O) groups is 4. The van der Waals surface area contributed by atoms with E-state index in [1.165, 1.54) is 0 Å². The first kappa shape index (κ1) is 43.2. The minimum Gasteiger partial charge on any atom is -1.00 e. The van der Waals surface area contributed by atoms with Crippen LogP contribution in [0.4, 0.5) is 19.2 Å². The summed E-state index contributed by atoms with van der Waals surface area (Å²) in [4.78, 5) is 38.5. The van der Waals surface area contributed by atoms with Crippen LogP contribution in [0.2, 0.25) is 0 Å². The molecule has 0 heterocycles. The van der Waals surface area contributed by atoms with Gasteiger partial charge in [0.2, 0.25) is 0 Å². The van der Waals surface area contributed by atoms with Crippen LogP contribution in [0.25, 0.3) is 0 Å². The van der Waals surface area contributed by atoms with Crippen LogP contribution < -0.4 is 58.4 Å². The van der Waals surface area contributed by atoms with Crippen LogP contribution in [0.3, 0.4) is 0 Å². The van der Waals surface area contributed by atoms with Crippen LogP contribution in [-0.4, -0.2) is 24.1 Å². The van der Waals surface area contributed by atoms with Crippen molar-refractivity contribution in [3.8, 4) is 0 Å². The zero-order valence-corrected chi connectivity index (χ0v) is 11.7. The van der Waals surface area contributed by atoms with Gasteiger partial charge in [0, 0.05) is 0 Å². The van der Waals surface area contributed by atoms with Crippen LogP contribution in [-0.2, 0) is 27.4 Å². The first-order valence-electron chi connectivity index (χ1n) is 2.97. The van der Waals surface area contributed by atoms with Crippen molar-refractivity contribution in [2.45, 2.75) is 0 Å². The predicted octanol–water partition coefficient (Wildman–Crippen LogP) is -10.4. The number of urea groups is 4. The Bertz CT molecular complexity index is 218. The van der Waals surface area contributed by atoms with Gasteiger partial charge in [-0.3, -0.25) is 10.6 Å². The summed E-state index contributed by atoms with van der Waals surface area (Å²) in [6, 6.07) is -3.75. The fourth-order valence-corrected chi connectivity index (χ4v) is 0.243. The zero-order chi connectivity index (χ0) is 11.7. The number of halogens is 2. The van der Waals surface area contributed by atoms with E-state index in [4.69, 9.17) is 0 Å². The maximum absolute atomic E-state index is 9.62. The number of primary amides is 4. The van der Waals surface area contributed by atoms with Gasteiger partial charge in [-0.25, -0.2) is 19.2 Å². The van der Waals surface area contributed by atoms with Gasteiger partial charge in [-0.2, -0.15) is 0 Å². The van der Waals surface area contributed by atoms with E-state index in [9.17, 15) is 19.2 Å². The van der Waals surface area contributed by atoms with E-state index in [0.29, 0.717) is 0 Å². The van der Waals surface area contributed by atoms with E-state index >= 15 is 0 Å². The van der Waals surface area contributed by atoms with E-state index in [2.05, 4.69) is 22.9 Å². The second-order valence-corrected chi connectivity index (χ2v) is 1.71. The Balaban J connectivity index is -0.0000000240. The molecule has 16 N–H and O–H groups in total. The molecule has 19 heavy (non-hydrogen) atoms. The van der Waals surface area contributed by atoms with Crippen LogP contribution in [0.5, 0.6) is 0 Å². The van der Waals surface area contributed by atoms with E-state index in [0.717, 1.165) is 0 Å². The molecule has 0 aliphatic heterocycles. The maximum atomic E-state index is 9.62. The Labute approximate surface area is 129 Å². The summed E-state index contributed by atoms with van der Waals surface area (Å²) < 4.78 is 0. The van der Waals surface area contributed by atoms with Gasteiger partial charge in [-0.05, 0) is 0 Å². The van der Waals surface area contributed by atoms with Crippen molar-refractivity contribution in [3.63, 3.8) is 0 Å². The fourth-order valence-electron chi connectivity index (χ4n) is 0.243. The number of imide groups is 2. The molecule has 0 unspecified atom stereocenters. The average Bonchev–Trinajstić information content (AvgIpc) is 1.79. The molecular weight excluding hydrogens is 358 g/mol. The molecular formula is C4H16Cl2N6NiO6+2. The van der Waals surface area contributed by atoms with Crippen molar-refractivity contribution in [3.05, 3.63) is 0 Å². The summed E-state index contributed by atoms with van der Waals surface area (Å²) in [7, 11) is 0. The molecule has 0 atom stereocenters. The van der Waals surface area contributed by atoms with Crippen LogP contribution in [0.15, 0.2) is 0 Å². The third-order valence-electron chi connectivity index (χ3n) is 0.493. The molecule has 0 saturated heterocycles. The summed E-state index contributed by atoms with van der Waals surface area (Å²) in [5.41, 5.74) is 17.8. The fraction of sp³-hybridized carbons (Fsp3) is 0. The molecule has 12 nitrogen and oxygen atoms in total. The minimum atomic E-state index is -0.938. The third kappa shape index (κ3) is 82.3. The standard InChI is InChI=1S/2C2H5N3O2.2ClH.Ni.2H2O/c2*3-1(6)5-2(4)7;;;;;/h2*(H5,3,4,5,6,7);2*1H;;2*1H2/q;;;;+2;;. The van der Waals surface area contributed by atoms with E-state index < -0.39 is 24.1 Å². The van der Waals surface area contributed by atoms with Crippen molar-refractivity contribution in [2.24, 2.45) is 22.9 Å². The molecule has 0 fully saturated rings. The van der Waals surface area contributed by atoms with Crippen molar-refractivity contribution in [2.75, 3.05) is 0 Å². The topological polar surface area (TPSA) is 262 Å². The normalized spacial score (nSPS) is 5.47. The summed E-state index contributed by atoms with van der Waals surface area (Å²) >= 11 is 0. The summed E-state index contributed by atoms with van der Waals surface area (Å²) in [6.07, 6.45) is 0. The van der Waals surface area contributed by atoms with Gasteiger partial charge in [-0.15, -0.1) is 0 Å². The van der Waals surface area contributed by atoms with Gasteiger partial charge < -0.3 is 58.7 Å². The minimum absolute atomic E-state index is 0. The average molecular weight is 374 g/mol. The molecule has 0 aromatic heterocycles. The molecule has 0 aromatic rings. The number of nitrogens with two attached hydrogens (primary N) is 4. The molecule has 8 amide bonds. The van der Waals surface area contributed by atoms with E-state index in [-0.39, 0.29) is 52.3 Å². The molecule has 120 valence electrons. The molecule has 0 rings (SSSR count). The zero-order valence-electron chi connectivity index (χ0n) is 9.17. The van der Waals surface area contributed by atoms with Gasteiger partial charge in [-0.1, -0.05) is 0 Å². The van der Waals surface area contributed by atoms with E-state index in [1.807, 2.05) is 0 Å². The molecule has 0 spiro atoms. The van der Waals surface area contributed by atoms with Crippen LogP contribution in [0, 0.1) is 0 Å². The van der Waals surface area contributed by atoms with Gasteiger partial charge in [0.25, 0.3) is 0 Å². The number of hydrogen-bond donors (Lipinski definition) is 6. The quantitative estimate of drug-likeness (QED) is 0.178. The van der Waals surface area contributed by atoms with Gasteiger partial charge in [0.1, 0.15) is 0 Å². The third-order valence-corrected chi connectivity index (χ3v) is 0.493. The number of hydrogen-bond acceptors (Lipinski definition) is 4. The number of carbonyl (C=O) groups excluding carboxylic acids is 4. The van der Waals surface area contributed by atoms with E-state index in [1.54, 1.807) is 10.6 Å². The maximum Gasteiger partial charge on any atom is 2.00 e. The molecule has 0 aliphatic carbocycles. The Morgan fingerprint density at radius 2 is 0.684 bits per heavy atom. The second-order valence-electron chi connectivity index (χ2n) is 1.71. The van der Waals surface area contributed by atoms with Gasteiger partial charge in [0.05, 0.1) is 0 Å². The Kier molecular flexibility index (Phi) is 57.7. The molecule has 0 aromatic carbocycles. The summed E-state index contributed by atoms with van der Waals surface area (Å²) in [6.45, 7) is 0. The summed E-state index contributed by atoms with van der Waals surface area (Å²) in [5, 5.41) is 3.17. The predicted molar refractivity (Wildman–Crippen MR) is 54.3 cm³/mol. The molecule has 0 bridgehead atoms. The van der Waals surface area contributed by atoms with Crippen molar-refractivity contribution < 1.29 is 71.4 Å². The Morgan fingerprint density at radius 1 is 0.579 bits per heavy atom. The molecule has 0 radical (unpaired) electrons. The van der Waals surface area contributed by atoms with Gasteiger partial charge >= 0.3 is 40.6 Å². The Morgan fingerprint density at radius 3 is 0.684 bits per heavy atom. The number of nitrogens with one attached hydrogen (secondary N) is 2. The van der Waals surface area contributed by atoms with Gasteiger partial charge in [0.15, 0.2) is 0 Å². The SMILES string of the molecule is NC(=O)NC(N)=O.NC(=O)NC(N)=O.[Cl-].[Cl-].[Ni+2].[OH3+].[OH3+]. The molecule has 0 saturated carbocycles. The second kappa shape index (κ2) is 25.4. The van der Waals surface area contributed by atoms with Crippen molar-refractivity contribution >= 4 is 24.1 Å². The molecule has 15 heteroatoms. The number of rotatable bonds is 0. The van der Waals surface area contributed by atoms with Crippen LogP contribution in [0.1, 0.15) is 0 Å². The monoisotopic (exact) mass is 372 g/mol. The first-order chi connectivity index (χ1) is 6.25. The Hall–Kier alpha value is -1.53. The smallest absolute Gasteiger partial charge is 1.00 e.